The van der Waals surface area contributed by atoms with Crippen LogP contribution in [0.15, 0.2) is 15.2 Å². The van der Waals surface area contributed by atoms with Crippen molar-refractivity contribution in [3.05, 3.63) is 20.8 Å². The van der Waals surface area contributed by atoms with Crippen LogP contribution in [0.4, 0.5) is 0 Å². The Hall–Kier alpha value is 0.140. The number of hydrogen-bond donors (Lipinski definition) is 1. The Morgan fingerprint density at radius 3 is 2.38 bits per heavy atom. The number of hydrogen-bond acceptors (Lipinski definition) is 2. The summed E-state index contributed by atoms with van der Waals surface area (Å²) in [6.07, 6.45) is 8.98. The Morgan fingerprint density at radius 1 is 1.19 bits per heavy atom. The largest absolute Gasteiger partial charge is 0.388 e. The standard InChI is InChI=1S/C18H25BrOS/c1-16-3-12-4-17(2,9-16)11-18(5-12,10-16)6-15(20)13-7-21-8-14(13)19/h7-8,12,15,20H,3-6,9-11H2,1-2H3. The zero-order valence-corrected chi connectivity index (χ0v) is 15.4. The Morgan fingerprint density at radius 2 is 1.86 bits per heavy atom. The molecule has 3 atom stereocenters. The van der Waals surface area contributed by atoms with E-state index in [0.29, 0.717) is 16.2 Å². The van der Waals surface area contributed by atoms with Crippen molar-refractivity contribution in [3.63, 3.8) is 0 Å². The first-order chi connectivity index (χ1) is 9.81. The average molecular weight is 369 g/mol. The van der Waals surface area contributed by atoms with Gasteiger partial charge in [0.25, 0.3) is 0 Å². The molecule has 0 amide bonds. The molecule has 4 bridgehead atoms. The molecule has 0 spiro atoms. The third-order valence-corrected chi connectivity index (χ3v) is 8.12. The van der Waals surface area contributed by atoms with E-state index >= 15 is 0 Å². The molecule has 1 nitrogen and oxygen atoms in total. The summed E-state index contributed by atoms with van der Waals surface area (Å²) < 4.78 is 1.09. The third-order valence-electron chi connectivity index (χ3n) is 6.37. The third kappa shape index (κ3) is 2.44. The Kier molecular flexibility index (Phi) is 3.21. The molecule has 1 aromatic rings. The van der Waals surface area contributed by atoms with E-state index in [1.165, 1.54) is 38.5 Å². The lowest BCUT2D eigenvalue weighted by Gasteiger charge is -2.66. The van der Waals surface area contributed by atoms with Crippen molar-refractivity contribution < 1.29 is 5.11 Å². The van der Waals surface area contributed by atoms with Crippen molar-refractivity contribution in [2.45, 2.75) is 64.9 Å². The van der Waals surface area contributed by atoms with Crippen molar-refractivity contribution in [1.82, 2.24) is 0 Å². The number of rotatable bonds is 3. The smallest absolute Gasteiger partial charge is 0.0814 e. The van der Waals surface area contributed by atoms with Crippen LogP contribution in [-0.2, 0) is 0 Å². The van der Waals surface area contributed by atoms with Crippen LogP contribution in [0.1, 0.15) is 70.5 Å². The van der Waals surface area contributed by atoms with Crippen LogP contribution in [0.2, 0.25) is 0 Å². The maximum Gasteiger partial charge on any atom is 0.0814 e. The molecular weight excluding hydrogens is 344 g/mol. The molecule has 4 aliphatic carbocycles. The average Bonchev–Trinajstić information content (AvgIpc) is 2.69. The second-order valence-electron chi connectivity index (χ2n) is 9.03. The van der Waals surface area contributed by atoms with Gasteiger partial charge in [0.15, 0.2) is 0 Å². The lowest BCUT2D eigenvalue weighted by Crippen LogP contribution is -2.55. The molecule has 3 unspecified atom stereocenters. The predicted molar refractivity (Wildman–Crippen MR) is 91.4 cm³/mol. The van der Waals surface area contributed by atoms with Gasteiger partial charge in [0.1, 0.15) is 0 Å². The van der Waals surface area contributed by atoms with E-state index in [2.05, 4.69) is 40.5 Å². The van der Waals surface area contributed by atoms with Gasteiger partial charge in [-0.1, -0.05) is 13.8 Å². The monoisotopic (exact) mass is 368 g/mol. The highest BCUT2D eigenvalue weighted by atomic mass is 79.9. The van der Waals surface area contributed by atoms with E-state index < -0.39 is 0 Å². The predicted octanol–water partition coefficient (Wildman–Crippen LogP) is 5.93. The zero-order valence-electron chi connectivity index (χ0n) is 13.0. The summed E-state index contributed by atoms with van der Waals surface area (Å²) in [7, 11) is 0. The quantitative estimate of drug-likeness (QED) is 0.700. The molecule has 4 aliphatic rings. The molecule has 5 rings (SSSR count). The molecule has 0 saturated heterocycles. The minimum Gasteiger partial charge on any atom is -0.388 e. The molecule has 1 N–H and O–H groups in total. The SMILES string of the molecule is CC12CC3CC(C)(C1)CC(CC(O)c1cscc1Br)(C3)C2. The van der Waals surface area contributed by atoms with Gasteiger partial charge < -0.3 is 5.11 Å². The van der Waals surface area contributed by atoms with Crippen molar-refractivity contribution in [2.75, 3.05) is 0 Å². The van der Waals surface area contributed by atoms with E-state index in [4.69, 9.17) is 0 Å². The van der Waals surface area contributed by atoms with Gasteiger partial charge >= 0.3 is 0 Å². The number of aliphatic hydroxyl groups excluding tert-OH is 1. The fourth-order valence-electron chi connectivity index (χ4n) is 6.96. The van der Waals surface area contributed by atoms with Gasteiger partial charge in [-0.2, -0.15) is 11.3 Å². The van der Waals surface area contributed by atoms with Gasteiger partial charge in [0.2, 0.25) is 0 Å². The highest BCUT2D eigenvalue weighted by Crippen LogP contribution is 2.71. The van der Waals surface area contributed by atoms with Crippen LogP contribution < -0.4 is 0 Å². The molecule has 4 fully saturated rings. The lowest BCUT2D eigenvalue weighted by molar-refractivity contribution is -0.157. The second-order valence-corrected chi connectivity index (χ2v) is 10.6. The number of thiophene rings is 1. The Labute approximate surface area is 140 Å². The highest BCUT2D eigenvalue weighted by Gasteiger charge is 2.60. The molecule has 1 heterocycles. The van der Waals surface area contributed by atoms with E-state index in [-0.39, 0.29) is 6.10 Å². The first-order valence-corrected chi connectivity index (χ1v) is 9.94. The summed E-state index contributed by atoms with van der Waals surface area (Å²) in [5, 5.41) is 15.0. The second kappa shape index (κ2) is 4.58. The Balaban J connectivity index is 1.61. The van der Waals surface area contributed by atoms with Gasteiger partial charge in [-0.05, 0) is 88.4 Å². The molecular formula is C18H25BrOS. The minimum atomic E-state index is -0.297. The normalized spacial score (nSPS) is 46.0. The molecule has 0 aromatic carbocycles. The van der Waals surface area contributed by atoms with Gasteiger partial charge in [-0.3, -0.25) is 0 Å². The fraction of sp³-hybridized carbons (Fsp3) is 0.778. The maximum absolute atomic E-state index is 10.8. The summed E-state index contributed by atoms with van der Waals surface area (Å²) in [4.78, 5) is 0. The molecule has 4 saturated carbocycles. The van der Waals surface area contributed by atoms with Crippen LogP contribution in [-0.4, -0.2) is 5.11 Å². The number of aliphatic hydroxyl groups is 1. The Bertz CT molecular complexity index is 547. The molecule has 0 aliphatic heterocycles. The van der Waals surface area contributed by atoms with Crippen LogP contribution >= 0.6 is 27.3 Å². The first-order valence-electron chi connectivity index (χ1n) is 8.20. The summed E-state index contributed by atoms with van der Waals surface area (Å²) in [5.74, 6) is 0.911. The van der Waals surface area contributed by atoms with Crippen molar-refractivity contribution in [1.29, 1.82) is 0 Å². The topological polar surface area (TPSA) is 20.2 Å². The number of halogens is 1. The van der Waals surface area contributed by atoms with Gasteiger partial charge in [-0.15, -0.1) is 0 Å². The molecule has 21 heavy (non-hydrogen) atoms. The zero-order chi connectivity index (χ0) is 14.9. The van der Waals surface area contributed by atoms with E-state index in [0.717, 1.165) is 22.4 Å². The minimum absolute atomic E-state index is 0.297. The fourth-order valence-corrected chi connectivity index (χ4v) is 8.57. The summed E-state index contributed by atoms with van der Waals surface area (Å²) in [5.41, 5.74) is 2.58. The van der Waals surface area contributed by atoms with E-state index in [9.17, 15) is 5.11 Å². The summed E-state index contributed by atoms with van der Waals surface area (Å²) in [6.45, 7) is 5.02. The van der Waals surface area contributed by atoms with Gasteiger partial charge in [-0.25, -0.2) is 0 Å². The highest BCUT2D eigenvalue weighted by molar-refractivity contribution is 9.10. The van der Waals surface area contributed by atoms with Gasteiger partial charge in [0.05, 0.1) is 6.10 Å². The molecule has 116 valence electrons. The first kappa shape index (κ1) is 14.7. The van der Waals surface area contributed by atoms with Gasteiger partial charge in [0, 0.05) is 15.4 Å². The van der Waals surface area contributed by atoms with Crippen molar-refractivity contribution in [2.24, 2.45) is 22.2 Å². The van der Waals surface area contributed by atoms with Crippen LogP contribution in [0, 0.1) is 22.2 Å². The van der Waals surface area contributed by atoms with Crippen LogP contribution in [0.3, 0.4) is 0 Å². The molecule has 3 heteroatoms. The van der Waals surface area contributed by atoms with Crippen LogP contribution in [0.5, 0.6) is 0 Å². The molecule has 1 aromatic heterocycles. The van der Waals surface area contributed by atoms with Crippen LogP contribution in [0.25, 0.3) is 0 Å². The van der Waals surface area contributed by atoms with E-state index in [1.54, 1.807) is 11.3 Å². The summed E-state index contributed by atoms with van der Waals surface area (Å²) in [6, 6.07) is 0. The lowest BCUT2D eigenvalue weighted by atomic mass is 9.39. The summed E-state index contributed by atoms with van der Waals surface area (Å²) >= 11 is 5.27. The van der Waals surface area contributed by atoms with Crippen molar-refractivity contribution >= 4 is 27.3 Å². The van der Waals surface area contributed by atoms with Crippen molar-refractivity contribution in [3.8, 4) is 0 Å². The van der Waals surface area contributed by atoms with E-state index in [1.807, 2.05) is 0 Å². The maximum atomic E-state index is 10.8. The molecule has 0 radical (unpaired) electrons.